The van der Waals surface area contributed by atoms with Crippen molar-refractivity contribution in [1.82, 2.24) is 14.8 Å². The summed E-state index contributed by atoms with van der Waals surface area (Å²) in [6, 6.07) is 4.37. The van der Waals surface area contributed by atoms with Gasteiger partial charge in [-0.15, -0.1) is 0 Å². The zero-order valence-corrected chi connectivity index (χ0v) is 12.7. The van der Waals surface area contributed by atoms with Gasteiger partial charge >= 0.3 is 0 Å². The molecule has 0 unspecified atom stereocenters. The molecule has 4 nitrogen and oxygen atoms in total. The summed E-state index contributed by atoms with van der Waals surface area (Å²) < 4.78 is 0. The van der Waals surface area contributed by atoms with E-state index in [4.69, 9.17) is 0 Å². The predicted octanol–water partition coefficient (Wildman–Crippen LogP) is 2.56. The second kappa shape index (κ2) is 7.03. The number of hydrogen-bond acceptors (Lipinski definition) is 3. The molecule has 1 aliphatic carbocycles. The third-order valence-corrected chi connectivity index (χ3v) is 4.87. The van der Waals surface area contributed by atoms with Crippen LogP contribution in [0.25, 0.3) is 0 Å². The number of rotatable bonds is 2. The molecular weight excluding hydrogens is 262 g/mol. The summed E-state index contributed by atoms with van der Waals surface area (Å²) >= 11 is 0. The minimum atomic E-state index is 0.151. The number of carbonyl (C=O) groups is 1. The Morgan fingerprint density at radius 1 is 0.952 bits per heavy atom. The first-order valence-electron chi connectivity index (χ1n) is 8.28. The van der Waals surface area contributed by atoms with Crippen LogP contribution in [-0.2, 0) is 0 Å². The molecule has 2 fully saturated rings. The first kappa shape index (κ1) is 14.5. The Morgan fingerprint density at radius 3 is 2.19 bits per heavy atom. The van der Waals surface area contributed by atoms with Crippen LogP contribution in [0.4, 0.5) is 0 Å². The van der Waals surface area contributed by atoms with Crippen LogP contribution >= 0.6 is 0 Å². The Kier molecular flexibility index (Phi) is 4.86. The molecule has 0 bridgehead atoms. The van der Waals surface area contributed by atoms with Crippen molar-refractivity contribution in [3.63, 3.8) is 0 Å². The van der Waals surface area contributed by atoms with Crippen molar-refractivity contribution < 1.29 is 4.79 Å². The van der Waals surface area contributed by atoms with Crippen molar-refractivity contribution in [2.75, 3.05) is 26.2 Å². The van der Waals surface area contributed by atoms with Crippen LogP contribution in [0.1, 0.15) is 48.9 Å². The number of amides is 1. The van der Waals surface area contributed by atoms with E-state index in [9.17, 15) is 4.79 Å². The highest BCUT2D eigenvalue weighted by Crippen LogP contribution is 2.23. The summed E-state index contributed by atoms with van der Waals surface area (Å²) in [4.78, 5) is 21.0. The molecule has 0 radical (unpaired) electrons. The molecule has 1 aromatic rings. The van der Waals surface area contributed by atoms with Gasteiger partial charge in [-0.05, 0) is 25.0 Å². The maximum Gasteiger partial charge on any atom is 0.254 e. The van der Waals surface area contributed by atoms with Gasteiger partial charge in [0.15, 0.2) is 0 Å². The lowest BCUT2D eigenvalue weighted by atomic mass is 10.1. The van der Waals surface area contributed by atoms with Crippen molar-refractivity contribution in [3.05, 3.63) is 30.1 Å². The standard InChI is InChI=1S/C17H25N3O/c21-17(15-7-9-18-10-8-15)20-13-11-19(12-14-20)16-5-3-1-2-4-6-16/h7-10,16H,1-6,11-14H2. The molecule has 3 rings (SSSR count). The fourth-order valence-corrected chi connectivity index (χ4v) is 3.59. The summed E-state index contributed by atoms with van der Waals surface area (Å²) in [7, 11) is 0. The number of aromatic nitrogens is 1. The van der Waals surface area contributed by atoms with Crippen molar-refractivity contribution >= 4 is 5.91 Å². The lowest BCUT2D eigenvalue weighted by Crippen LogP contribution is -2.51. The maximum atomic E-state index is 12.4. The average molecular weight is 287 g/mol. The zero-order chi connectivity index (χ0) is 14.5. The largest absolute Gasteiger partial charge is 0.336 e. The summed E-state index contributed by atoms with van der Waals surface area (Å²) in [5, 5.41) is 0. The van der Waals surface area contributed by atoms with Gasteiger partial charge < -0.3 is 4.90 Å². The normalized spacial score (nSPS) is 22.0. The van der Waals surface area contributed by atoms with E-state index in [0.717, 1.165) is 37.8 Å². The highest BCUT2D eigenvalue weighted by Gasteiger charge is 2.26. The van der Waals surface area contributed by atoms with Gasteiger partial charge in [0.1, 0.15) is 0 Å². The van der Waals surface area contributed by atoms with Gasteiger partial charge in [-0.3, -0.25) is 14.7 Å². The number of piperazine rings is 1. The van der Waals surface area contributed by atoms with E-state index in [-0.39, 0.29) is 5.91 Å². The predicted molar refractivity (Wildman–Crippen MR) is 83.2 cm³/mol. The van der Waals surface area contributed by atoms with E-state index in [1.807, 2.05) is 4.90 Å². The topological polar surface area (TPSA) is 36.4 Å². The summed E-state index contributed by atoms with van der Waals surface area (Å²) in [5.41, 5.74) is 0.757. The minimum absolute atomic E-state index is 0.151. The minimum Gasteiger partial charge on any atom is -0.336 e. The highest BCUT2D eigenvalue weighted by molar-refractivity contribution is 5.94. The van der Waals surface area contributed by atoms with Crippen molar-refractivity contribution in [1.29, 1.82) is 0 Å². The van der Waals surface area contributed by atoms with E-state index in [2.05, 4.69) is 9.88 Å². The molecule has 1 saturated carbocycles. The van der Waals surface area contributed by atoms with Crippen LogP contribution in [0.2, 0.25) is 0 Å². The van der Waals surface area contributed by atoms with Crippen LogP contribution in [0.5, 0.6) is 0 Å². The molecule has 4 heteroatoms. The molecule has 1 aromatic heterocycles. The fraction of sp³-hybridized carbons (Fsp3) is 0.647. The van der Waals surface area contributed by atoms with E-state index in [0.29, 0.717) is 0 Å². The van der Waals surface area contributed by atoms with Crippen LogP contribution in [0.3, 0.4) is 0 Å². The Hall–Kier alpha value is -1.42. The van der Waals surface area contributed by atoms with Gasteiger partial charge in [0.2, 0.25) is 0 Å². The average Bonchev–Trinajstić information content (AvgIpc) is 2.84. The molecule has 0 spiro atoms. The Labute approximate surface area is 127 Å². The fourth-order valence-electron chi connectivity index (χ4n) is 3.59. The quantitative estimate of drug-likeness (QED) is 0.784. The Bertz CT molecular complexity index is 446. The summed E-state index contributed by atoms with van der Waals surface area (Å²) in [6.07, 6.45) is 11.6. The Balaban J connectivity index is 1.54. The highest BCUT2D eigenvalue weighted by atomic mass is 16.2. The molecule has 0 aromatic carbocycles. The monoisotopic (exact) mass is 287 g/mol. The number of pyridine rings is 1. The maximum absolute atomic E-state index is 12.4. The van der Waals surface area contributed by atoms with Crippen molar-refractivity contribution in [2.45, 2.75) is 44.6 Å². The van der Waals surface area contributed by atoms with Gasteiger partial charge in [-0.25, -0.2) is 0 Å². The number of carbonyl (C=O) groups excluding carboxylic acids is 1. The molecule has 1 amide bonds. The van der Waals surface area contributed by atoms with E-state index in [1.54, 1.807) is 24.5 Å². The van der Waals surface area contributed by atoms with Crippen molar-refractivity contribution in [2.24, 2.45) is 0 Å². The van der Waals surface area contributed by atoms with Crippen LogP contribution in [0.15, 0.2) is 24.5 Å². The third kappa shape index (κ3) is 3.62. The third-order valence-electron chi connectivity index (χ3n) is 4.87. The molecule has 2 aliphatic rings. The molecule has 1 saturated heterocycles. The van der Waals surface area contributed by atoms with Crippen molar-refractivity contribution in [3.8, 4) is 0 Å². The molecular formula is C17H25N3O. The molecule has 21 heavy (non-hydrogen) atoms. The van der Waals surface area contributed by atoms with Gasteiger partial charge in [-0.1, -0.05) is 25.7 Å². The number of nitrogens with zero attached hydrogens (tertiary/aromatic N) is 3. The van der Waals surface area contributed by atoms with E-state index in [1.165, 1.54) is 38.5 Å². The molecule has 2 heterocycles. The van der Waals surface area contributed by atoms with Gasteiger partial charge in [0, 0.05) is 50.2 Å². The smallest absolute Gasteiger partial charge is 0.254 e. The second-order valence-electron chi connectivity index (χ2n) is 6.21. The molecule has 114 valence electrons. The SMILES string of the molecule is O=C(c1ccncc1)N1CCN(C2CCCCCC2)CC1. The summed E-state index contributed by atoms with van der Waals surface area (Å²) in [5.74, 6) is 0.151. The van der Waals surface area contributed by atoms with E-state index >= 15 is 0 Å². The van der Waals surface area contributed by atoms with Crippen LogP contribution < -0.4 is 0 Å². The van der Waals surface area contributed by atoms with Crippen LogP contribution in [0, 0.1) is 0 Å². The van der Waals surface area contributed by atoms with Gasteiger partial charge in [0.25, 0.3) is 5.91 Å². The van der Waals surface area contributed by atoms with E-state index < -0.39 is 0 Å². The zero-order valence-electron chi connectivity index (χ0n) is 12.7. The Morgan fingerprint density at radius 2 is 1.57 bits per heavy atom. The van der Waals surface area contributed by atoms with Gasteiger partial charge in [0.05, 0.1) is 0 Å². The number of hydrogen-bond donors (Lipinski definition) is 0. The summed E-state index contributed by atoms with van der Waals surface area (Å²) in [6.45, 7) is 3.78. The first-order chi connectivity index (χ1) is 10.3. The molecule has 0 atom stereocenters. The van der Waals surface area contributed by atoms with Gasteiger partial charge in [-0.2, -0.15) is 0 Å². The lowest BCUT2D eigenvalue weighted by Gasteiger charge is -2.39. The molecule has 0 N–H and O–H groups in total. The molecule has 1 aliphatic heterocycles. The second-order valence-corrected chi connectivity index (χ2v) is 6.21. The first-order valence-corrected chi connectivity index (χ1v) is 8.28. The van der Waals surface area contributed by atoms with Crippen LogP contribution in [-0.4, -0.2) is 52.9 Å². The lowest BCUT2D eigenvalue weighted by molar-refractivity contribution is 0.0551.